The van der Waals surface area contributed by atoms with Gasteiger partial charge >= 0.3 is 0 Å². The molecule has 0 fully saturated rings. The summed E-state index contributed by atoms with van der Waals surface area (Å²) in [7, 11) is 0. The van der Waals surface area contributed by atoms with Crippen molar-refractivity contribution in [3.05, 3.63) is 64.7 Å². The lowest BCUT2D eigenvalue weighted by Crippen LogP contribution is -2.18. The zero-order valence-corrected chi connectivity index (χ0v) is 10.8. The average molecular weight is 253 g/mol. The van der Waals surface area contributed by atoms with E-state index in [1.807, 2.05) is 22.9 Å². The van der Waals surface area contributed by atoms with Crippen molar-refractivity contribution in [1.82, 2.24) is 14.3 Å². The van der Waals surface area contributed by atoms with Crippen LogP contribution in [-0.4, -0.2) is 14.3 Å². The minimum atomic E-state index is -0.00219. The zero-order valence-electron chi connectivity index (χ0n) is 10.8. The number of aromatic nitrogens is 3. The van der Waals surface area contributed by atoms with Gasteiger partial charge in [0.05, 0.1) is 17.8 Å². The Morgan fingerprint density at radius 3 is 2.68 bits per heavy atom. The van der Waals surface area contributed by atoms with Crippen molar-refractivity contribution in [2.75, 3.05) is 0 Å². The number of nitrogens with zero attached hydrogens (tertiary/aromatic N) is 3. The molecule has 1 aromatic carbocycles. The molecule has 0 spiro atoms. The van der Waals surface area contributed by atoms with E-state index in [2.05, 4.69) is 24.2 Å². The molecule has 2 heterocycles. The highest BCUT2D eigenvalue weighted by molar-refractivity contribution is 5.81. The first kappa shape index (κ1) is 11.7. The SMILES string of the molecule is CCn1nc(Cn2ccccc2=O)c2ccccc21. The summed E-state index contributed by atoms with van der Waals surface area (Å²) in [5.74, 6) is 0. The van der Waals surface area contributed by atoms with Crippen molar-refractivity contribution < 1.29 is 0 Å². The van der Waals surface area contributed by atoms with Gasteiger partial charge in [-0.3, -0.25) is 9.48 Å². The van der Waals surface area contributed by atoms with Crippen molar-refractivity contribution in [3.8, 4) is 0 Å². The minimum absolute atomic E-state index is 0.00219. The van der Waals surface area contributed by atoms with Gasteiger partial charge in [-0.25, -0.2) is 0 Å². The van der Waals surface area contributed by atoms with Gasteiger partial charge in [0.15, 0.2) is 0 Å². The van der Waals surface area contributed by atoms with Gasteiger partial charge in [0.2, 0.25) is 0 Å². The molecule has 3 aromatic rings. The summed E-state index contributed by atoms with van der Waals surface area (Å²) in [5.41, 5.74) is 2.05. The average Bonchev–Trinajstić information content (AvgIpc) is 2.80. The number of para-hydroxylation sites is 1. The second-order valence-corrected chi connectivity index (χ2v) is 4.45. The quantitative estimate of drug-likeness (QED) is 0.718. The number of hydrogen-bond acceptors (Lipinski definition) is 2. The monoisotopic (exact) mass is 253 g/mol. The Morgan fingerprint density at radius 2 is 1.89 bits per heavy atom. The molecule has 0 bridgehead atoms. The summed E-state index contributed by atoms with van der Waals surface area (Å²) < 4.78 is 3.65. The minimum Gasteiger partial charge on any atom is -0.309 e. The van der Waals surface area contributed by atoms with Crippen LogP contribution in [0.2, 0.25) is 0 Å². The van der Waals surface area contributed by atoms with Crippen LogP contribution in [0.3, 0.4) is 0 Å². The van der Waals surface area contributed by atoms with Crippen molar-refractivity contribution in [1.29, 1.82) is 0 Å². The topological polar surface area (TPSA) is 39.8 Å². The van der Waals surface area contributed by atoms with Crippen molar-refractivity contribution in [3.63, 3.8) is 0 Å². The van der Waals surface area contributed by atoms with E-state index >= 15 is 0 Å². The molecule has 96 valence electrons. The van der Waals surface area contributed by atoms with Crippen LogP contribution >= 0.6 is 0 Å². The molecule has 0 aliphatic heterocycles. The summed E-state index contributed by atoms with van der Waals surface area (Å²) in [5, 5.41) is 5.71. The van der Waals surface area contributed by atoms with Crippen LogP contribution in [0.1, 0.15) is 12.6 Å². The Labute approximate surface area is 110 Å². The summed E-state index contributed by atoms with van der Waals surface area (Å²) in [6.45, 7) is 3.40. The third kappa shape index (κ3) is 2.05. The van der Waals surface area contributed by atoms with E-state index in [9.17, 15) is 4.79 Å². The molecule has 0 radical (unpaired) electrons. The largest absolute Gasteiger partial charge is 0.309 e. The lowest BCUT2D eigenvalue weighted by atomic mass is 10.2. The van der Waals surface area contributed by atoms with E-state index < -0.39 is 0 Å². The molecule has 4 heteroatoms. The van der Waals surface area contributed by atoms with E-state index in [1.54, 1.807) is 22.9 Å². The van der Waals surface area contributed by atoms with Gasteiger partial charge in [0.25, 0.3) is 5.56 Å². The van der Waals surface area contributed by atoms with E-state index in [4.69, 9.17) is 0 Å². The lowest BCUT2D eigenvalue weighted by Gasteiger charge is -2.02. The first-order chi connectivity index (χ1) is 9.29. The summed E-state index contributed by atoms with van der Waals surface area (Å²) >= 11 is 0. The van der Waals surface area contributed by atoms with Gasteiger partial charge in [-0.15, -0.1) is 0 Å². The molecule has 4 nitrogen and oxygen atoms in total. The fraction of sp³-hybridized carbons (Fsp3) is 0.200. The number of fused-ring (bicyclic) bond motifs is 1. The molecule has 0 aliphatic rings. The Kier molecular flexibility index (Phi) is 2.91. The first-order valence-corrected chi connectivity index (χ1v) is 6.39. The normalized spacial score (nSPS) is 11.0. The molecule has 0 unspecified atom stereocenters. The molecule has 2 aromatic heterocycles. The number of pyridine rings is 1. The molecule has 0 saturated carbocycles. The van der Waals surface area contributed by atoms with Crippen molar-refractivity contribution in [2.45, 2.75) is 20.0 Å². The fourth-order valence-corrected chi connectivity index (χ4v) is 2.31. The van der Waals surface area contributed by atoms with Crippen molar-refractivity contribution in [2.24, 2.45) is 0 Å². The van der Waals surface area contributed by atoms with Crippen molar-refractivity contribution >= 4 is 10.9 Å². The Balaban J connectivity index is 2.11. The van der Waals surface area contributed by atoms with Gasteiger partial charge in [0.1, 0.15) is 0 Å². The zero-order chi connectivity index (χ0) is 13.2. The Hall–Kier alpha value is -2.36. The van der Waals surface area contributed by atoms with Gasteiger partial charge < -0.3 is 4.57 Å². The standard InChI is InChI=1S/C15H15N3O/c1-2-18-14-8-4-3-7-12(14)13(16-18)11-17-10-6-5-9-15(17)19/h3-10H,2,11H2,1H3. The second kappa shape index (κ2) is 4.72. The van der Waals surface area contributed by atoms with E-state index in [-0.39, 0.29) is 5.56 Å². The molecule has 0 amide bonds. The highest BCUT2D eigenvalue weighted by Crippen LogP contribution is 2.18. The van der Waals surface area contributed by atoms with E-state index in [1.165, 1.54) is 0 Å². The number of hydrogen-bond donors (Lipinski definition) is 0. The van der Waals surface area contributed by atoms with Gasteiger partial charge in [-0.2, -0.15) is 5.10 Å². The molecule has 0 N–H and O–H groups in total. The fourth-order valence-electron chi connectivity index (χ4n) is 2.31. The Bertz CT molecular complexity index is 770. The molecular formula is C15H15N3O. The third-order valence-electron chi connectivity index (χ3n) is 3.25. The van der Waals surface area contributed by atoms with Crippen LogP contribution in [0.25, 0.3) is 10.9 Å². The number of aryl methyl sites for hydroxylation is 1. The maximum Gasteiger partial charge on any atom is 0.250 e. The number of rotatable bonds is 3. The maximum absolute atomic E-state index is 11.8. The van der Waals surface area contributed by atoms with Crippen LogP contribution in [-0.2, 0) is 13.1 Å². The predicted molar refractivity (Wildman–Crippen MR) is 75.2 cm³/mol. The molecule has 0 atom stereocenters. The highest BCUT2D eigenvalue weighted by Gasteiger charge is 2.09. The summed E-state index contributed by atoms with van der Waals surface area (Å²) in [4.78, 5) is 11.8. The molecular weight excluding hydrogens is 238 g/mol. The maximum atomic E-state index is 11.8. The summed E-state index contributed by atoms with van der Waals surface area (Å²) in [6, 6.07) is 13.3. The number of benzene rings is 1. The van der Waals surface area contributed by atoms with E-state index in [0.29, 0.717) is 6.54 Å². The van der Waals surface area contributed by atoms with Crippen LogP contribution < -0.4 is 5.56 Å². The summed E-state index contributed by atoms with van der Waals surface area (Å²) in [6.07, 6.45) is 1.79. The van der Waals surface area contributed by atoms with Crippen LogP contribution in [0.4, 0.5) is 0 Å². The highest BCUT2D eigenvalue weighted by atomic mass is 16.1. The van der Waals surface area contributed by atoms with Gasteiger partial charge in [-0.05, 0) is 19.1 Å². The molecule has 3 rings (SSSR count). The molecule has 0 aliphatic carbocycles. The molecule has 19 heavy (non-hydrogen) atoms. The van der Waals surface area contributed by atoms with E-state index in [0.717, 1.165) is 23.1 Å². The lowest BCUT2D eigenvalue weighted by molar-refractivity contribution is 0.648. The third-order valence-corrected chi connectivity index (χ3v) is 3.25. The van der Waals surface area contributed by atoms with Crippen LogP contribution in [0, 0.1) is 0 Å². The predicted octanol–water partition coefficient (Wildman–Crippen LogP) is 2.27. The second-order valence-electron chi connectivity index (χ2n) is 4.45. The first-order valence-electron chi connectivity index (χ1n) is 6.39. The Morgan fingerprint density at radius 1 is 1.11 bits per heavy atom. The van der Waals surface area contributed by atoms with Gasteiger partial charge in [0, 0.05) is 24.2 Å². The van der Waals surface area contributed by atoms with Crippen LogP contribution in [0.15, 0.2) is 53.5 Å². The smallest absolute Gasteiger partial charge is 0.250 e. The molecule has 0 saturated heterocycles. The van der Waals surface area contributed by atoms with Gasteiger partial charge in [-0.1, -0.05) is 24.3 Å². The van der Waals surface area contributed by atoms with Crippen LogP contribution in [0.5, 0.6) is 0 Å².